The lowest BCUT2D eigenvalue weighted by atomic mass is 9.60. The molecule has 84 heavy (non-hydrogen) atoms. The van der Waals surface area contributed by atoms with Crippen molar-refractivity contribution >= 4 is 333 Å². The molecule has 12 rings (SSSR count). The molecule has 27 heteroatoms. The van der Waals surface area contributed by atoms with E-state index in [2.05, 4.69) is 24.3 Å². The molecule has 0 N–H and O–H groups in total. The van der Waals surface area contributed by atoms with Gasteiger partial charge in [-0.15, -0.1) is 70.1 Å². The van der Waals surface area contributed by atoms with Crippen LogP contribution in [0.3, 0.4) is 0 Å². The Labute approximate surface area is 516 Å². The maximum absolute atomic E-state index is 7.01. The Hall–Kier alpha value is -6.70. The van der Waals surface area contributed by atoms with E-state index in [-0.39, 0.29) is 176 Å². The van der Waals surface area contributed by atoms with Gasteiger partial charge in [-0.05, 0) is 81.2 Å². The highest BCUT2D eigenvalue weighted by Crippen LogP contribution is 2.73. The summed E-state index contributed by atoms with van der Waals surface area (Å²) in [6.45, 7) is 0. The molecule has 42 radical (unpaired) electrons. The number of hydrogen-bond donors (Lipinski definition) is 0. The van der Waals surface area contributed by atoms with E-state index >= 15 is 0 Å². The predicted octanol–water partition coefficient (Wildman–Crippen LogP) is -10.6. The normalized spacial score (nSPS) is 12.0. The molecule has 5 nitrogen and oxygen atoms in total. The molecule has 3 heterocycles. The van der Waals surface area contributed by atoms with Crippen LogP contribution < -0.4 is 115 Å². The van der Waals surface area contributed by atoms with Crippen LogP contribution in [0.4, 0.5) is 0 Å². The van der Waals surface area contributed by atoms with Crippen molar-refractivity contribution in [2.45, 2.75) is 19.6 Å². The van der Waals surface area contributed by atoms with E-state index in [0.29, 0.717) is 16.7 Å². The van der Waals surface area contributed by atoms with Gasteiger partial charge in [0.25, 0.3) is 0 Å². The maximum Gasteiger partial charge on any atom is 0.240 e. The predicted molar refractivity (Wildman–Crippen MR) is 373 cm³/mol. The summed E-state index contributed by atoms with van der Waals surface area (Å²) >= 11 is 0. The van der Waals surface area contributed by atoms with E-state index in [1.165, 1.54) is 9.13 Å². The zero-order valence-corrected chi connectivity index (χ0v) is 45.5. The summed E-state index contributed by atoms with van der Waals surface area (Å²) in [4.78, 5) is 19.3. The average molecular weight is 1030 g/mol. The minimum atomic E-state index is -2.60. The van der Waals surface area contributed by atoms with Gasteiger partial charge in [-0.1, -0.05) is 115 Å². The first-order valence-corrected chi connectivity index (χ1v) is 27.2. The number of aromatic nitrogens is 5. The smallest absolute Gasteiger partial charge is 0.240 e. The highest BCUT2D eigenvalue weighted by atomic mass is 32.3. The quantitative estimate of drug-likeness (QED) is 0.143. The van der Waals surface area contributed by atoms with E-state index in [1.807, 2.05) is 84.9 Å². The third-order valence-corrected chi connectivity index (χ3v) is 19.6. The van der Waals surface area contributed by atoms with Gasteiger partial charge in [0.1, 0.15) is 165 Å². The van der Waals surface area contributed by atoms with E-state index in [0.717, 1.165) is 19.6 Å². The fourth-order valence-corrected chi connectivity index (χ4v) is 15.3. The van der Waals surface area contributed by atoms with Crippen LogP contribution in [-0.4, -0.2) is 189 Å². The second-order valence-electron chi connectivity index (χ2n) is 20.2. The largest absolute Gasteiger partial charge is 0.279 e. The van der Waals surface area contributed by atoms with Gasteiger partial charge in [-0.3, -0.25) is 9.13 Å². The van der Waals surface area contributed by atoms with Crippen molar-refractivity contribution in [2.75, 3.05) is 0 Å². The summed E-state index contributed by atoms with van der Waals surface area (Å²) in [5.41, 5.74) is 1.93. The Morgan fingerprint density at radius 1 is 0.250 bits per heavy atom. The van der Waals surface area contributed by atoms with Gasteiger partial charge in [0, 0.05) is 47.2 Å². The monoisotopic (exact) mass is 1040 g/mol. The number of benzene rings is 9. The highest BCUT2D eigenvalue weighted by Gasteiger charge is 2.35. The molecule has 0 fully saturated rings. The Balaban J connectivity index is 1.25. The fourth-order valence-electron chi connectivity index (χ4n) is 11.4. The molecule has 340 valence electrons. The summed E-state index contributed by atoms with van der Waals surface area (Å²) in [5, 5.41) is 0.841. The molecular formula is C57H18B21N5S. The van der Waals surface area contributed by atoms with Gasteiger partial charge < -0.3 is 0 Å². The Kier molecular flexibility index (Phi) is 14.5. The lowest BCUT2D eigenvalue weighted by Crippen LogP contribution is -2.55. The average Bonchev–Trinajstić information content (AvgIpc) is 1.61. The minimum Gasteiger partial charge on any atom is -0.279 e. The summed E-state index contributed by atoms with van der Waals surface area (Å²) in [6, 6.07) is 35.6. The van der Waals surface area contributed by atoms with Gasteiger partial charge in [-0.25, -0.2) is 0 Å². The lowest BCUT2D eigenvalue weighted by Gasteiger charge is -2.42. The zero-order valence-electron chi connectivity index (χ0n) is 44.7. The van der Waals surface area contributed by atoms with Crippen LogP contribution in [0.5, 0.6) is 0 Å². The molecule has 3 aromatic heterocycles. The molecule has 0 spiro atoms. The van der Waals surface area contributed by atoms with E-state index in [9.17, 15) is 0 Å². The van der Waals surface area contributed by atoms with E-state index < -0.39 is 10.0 Å². The van der Waals surface area contributed by atoms with Gasteiger partial charge in [0.2, 0.25) is 11.9 Å². The molecular weight excluding hydrogens is 1010 g/mol. The van der Waals surface area contributed by atoms with Crippen LogP contribution >= 0.6 is 10.0 Å². The maximum atomic E-state index is 7.01. The van der Waals surface area contributed by atoms with Crippen molar-refractivity contribution in [3.8, 4) is 34.4 Å². The highest BCUT2D eigenvalue weighted by molar-refractivity contribution is 8.34. The SMILES string of the molecule is [B]c1c([B])c([B])c(-c2cccc(S(c3ccccc3)(c3ccccc3)c3cccc(-c4nc(-n5c6c([B])c([B])c([B])c([B])c6c6c([B])c([B])c([B])c([B])c65)nc(-n5c6c([B])c([B])c([B])c([B])c6c6c([B])c([B])c([B])c([B])c65)n4)c3)c2)c([B])c1[B]. The Morgan fingerprint density at radius 3 is 0.869 bits per heavy atom. The molecule has 0 saturated carbocycles. The first kappa shape index (κ1) is 57.7. The van der Waals surface area contributed by atoms with Crippen molar-refractivity contribution in [1.82, 2.24) is 24.1 Å². The molecule has 9 aromatic carbocycles. The van der Waals surface area contributed by atoms with Crippen LogP contribution in [0.2, 0.25) is 0 Å². The lowest BCUT2D eigenvalue weighted by molar-refractivity contribution is 0.895. The zero-order chi connectivity index (χ0) is 60.0. The second-order valence-corrected chi connectivity index (χ2v) is 23.3. The minimum absolute atomic E-state index is 0.00754. The number of nitrogens with zero attached hydrogens (tertiary/aromatic N) is 5. The van der Waals surface area contributed by atoms with Gasteiger partial charge in [0.05, 0.1) is 0 Å². The van der Waals surface area contributed by atoms with Crippen LogP contribution in [0.15, 0.2) is 129 Å². The van der Waals surface area contributed by atoms with Gasteiger partial charge in [-0.2, -0.15) is 15.0 Å². The first-order valence-electron chi connectivity index (χ1n) is 25.5. The van der Waals surface area contributed by atoms with Crippen molar-refractivity contribution in [3.63, 3.8) is 0 Å². The van der Waals surface area contributed by atoms with Crippen molar-refractivity contribution in [2.24, 2.45) is 0 Å². The molecule has 0 unspecified atom stereocenters. The molecule has 0 aliphatic heterocycles. The van der Waals surface area contributed by atoms with Crippen LogP contribution in [0, 0.1) is 0 Å². The van der Waals surface area contributed by atoms with Gasteiger partial charge >= 0.3 is 0 Å². The first-order chi connectivity index (χ1) is 40.0. The third kappa shape index (κ3) is 8.19. The standard InChI is InChI=1S/C57H18B21N5S/c58-30-25(31(59)37(65)42(70)36(30)64)19-9-7-15-23(17-19)84(21-11-3-1-4-12-21,22-13-5-2-6-14-22)24-16-8-10-20(18-24)55-79-56(82-51-26(32(60)38(66)43(71)47(51)75)27-33(61)39(67)44(72)48(76)52(27)82)81-57(80-55)83-53-28(34(62)40(68)45(73)49(53)77)29-35(63)41(69)46(74)50(78)54(29)83/h1-18H. The number of rotatable bonds is 8. The fraction of sp³-hybridized carbons (Fsp3) is 0. The molecule has 0 aliphatic carbocycles. The molecule has 0 saturated heterocycles. The molecule has 0 amide bonds. The van der Waals surface area contributed by atoms with E-state index in [4.69, 9.17) is 180 Å². The number of fused-ring (bicyclic) bond motifs is 6. The van der Waals surface area contributed by atoms with E-state index in [1.54, 1.807) is 0 Å². The Morgan fingerprint density at radius 2 is 0.524 bits per heavy atom. The van der Waals surface area contributed by atoms with Crippen LogP contribution in [-0.2, 0) is 0 Å². The van der Waals surface area contributed by atoms with Crippen molar-refractivity contribution < 1.29 is 0 Å². The summed E-state index contributed by atoms with van der Waals surface area (Å²) in [6.07, 6.45) is 0. The topological polar surface area (TPSA) is 48.5 Å². The molecule has 0 aliphatic rings. The van der Waals surface area contributed by atoms with Gasteiger partial charge in [0.15, 0.2) is 5.82 Å². The van der Waals surface area contributed by atoms with Crippen LogP contribution in [0.1, 0.15) is 0 Å². The summed E-state index contributed by atoms with van der Waals surface area (Å²) in [7, 11) is 139. The Bertz CT molecular complexity index is 4480. The second kappa shape index (κ2) is 21.1. The summed E-state index contributed by atoms with van der Waals surface area (Å²) < 4.78 is 2.99. The van der Waals surface area contributed by atoms with Crippen molar-refractivity contribution in [1.29, 1.82) is 0 Å². The van der Waals surface area contributed by atoms with Crippen LogP contribution in [0.25, 0.3) is 78.0 Å². The number of hydrogen-bond acceptors (Lipinski definition) is 3. The third-order valence-electron chi connectivity index (χ3n) is 15.7. The molecule has 12 aromatic rings. The summed E-state index contributed by atoms with van der Waals surface area (Å²) in [5.74, 6) is -0.297. The molecule has 0 atom stereocenters. The molecule has 0 bridgehead atoms. The van der Waals surface area contributed by atoms with Crippen molar-refractivity contribution in [3.05, 3.63) is 109 Å².